The van der Waals surface area contributed by atoms with Gasteiger partial charge in [0.25, 0.3) is 5.69 Å². The SMILES string of the molecule is O=[N+]([O-])c1ccc(N2CC[NH+](Cc3ccc4c(c3)Cc3ccccc3-4)CC2)cc1. The van der Waals surface area contributed by atoms with Crippen molar-refractivity contribution < 1.29 is 9.82 Å². The van der Waals surface area contributed by atoms with Gasteiger partial charge in [-0.25, -0.2) is 0 Å². The van der Waals surface area contributed by atoms with Crippen molar-refractivity contribution in [3.63, 3.8) is 0 Å². The fraction of sp³-hybridized carbons (Fsp3) is 0.250. The summed E-state index contributed by atoms with van der Waals surface area (Å²) >= 11 is 0. The molecule has 146 valence electrons. The molecule has 29 heavy (non-hydrogen) atoms. The molecule has 0 unspecified atom stereocenters. The van der Waals surface area contributed by atoms with Crippen LogP contribution in [0.1, 0.15) is 16.7 Å². The van der Waals surface area contributed by atoms with E-state index < -0.39 is 0 Å². The fourth-order valence-corrected chi connectivity index (χ4v) is 4.64. The molecule has 1 aliphatic carbocycles. The lowest BCUT2D eigenvalue weighted by molar-refractivity contribution is -0.914. The number of nitro benzene ring substituents is 1. The highest BCUT2D eigenvalue weighted by atomic mass is 16.6. The third kappa shape index (κ3) is 3.49. The first-order valence-corrected chi connectivity index (χ1v) is 10.2. The van der Waals surface area contributed by atoms with E-state index in [1.54, 1.807) is 17.0 Å². The number of nitrogens with one attached hydrogen (secondary N) is 1. The smallest absolute Gasteiger partial charge is 0.269 e. The number of quaternary nitrogens is 1. The Hall–Kier alpha value is -3.18. The van der Waals surface area contributed by atoms with E-state index in [0.717, 1.165) is 44.8 Å². The summed E-state index contributed by atoms with van der Waals surface area (Å²) in [6, 6.07) is 22.6. The molecule has 5 rings (SSSR count). The van der Waals surface area contributed by atoms with Gasteiger partial charge in [-0.3, -0.25) is 10.1 Å². The maximum Gasteiger partial charge on any atom is 0.269 e. The lowest BCUT2D eigenvalue weighted by Crippen LogP contribution is -3.13. The molecule has 1 fully saturated rings. The Morgan fingerprint density at radius 1 is 0.897 bits per heavy atom. The van der Waals surface area contributed by atoms with E-state index >= 15 is 0 Å². The van der Waals surface area contributed by atoms with Crippen LogP contribution >= 0.6 is 0 Å². The summed E-state index contributed by atoms with van der Waals surface area (Å²) in [5, 5.41) is 10.8. The van der Waals surface area contributed by atoms with Gasteiger partial charge in [-0.05, 0) is 46.9 Å². The number of nitrogens with zero attached hydrogens (tertiary/aromatic N) is 2. The first kappa shape index (κ1) is 17.9. The van der Waals surface area contributed by atoms with Crippen molar-refractivity contribution in [1.82, 2.24) is 0 Å². The molecule has 5 nitrogen and oxygen atoms in total. The second kappa shape index (κ2) is 7.33. The Labute approximate surface area is 170 Å². The lowest BCUT2D eigenvalue weighted by Gasteiger charge is -2.33. The summed E-state index contributed by atoms with van der Waals surface area (Å²) in [5.41, 5.74) is 8.30. The Morgan fingerprint density at radius 2 is 1.62 bits per heavy atom. The highest BCUT2D eigenvalue weighted by Crippen LogP contribution is 2.36. The zero-order valence-electron chi connectivity index (χ0n) is 16.3. The predicted molar refractivity (Wildman–Crippen MR) is 114 cm³/mol. The third-order valence-corrected chi connectivity index (χ3v) is 6.21. The summed E-state index contributed by atoms with van der Waals surface area (Å²) < 4.78 is 0. The van der Waals surface area contributed by atoms with Crippen LogP contribution in [0.4, 0.5) is 11.4 Å². The number of anilines is 1. The topological polar surface area (TPSA) is 50.8 Å². The number of hydrogen-bond acceptors (Lipinski definition) is 3. The van der Waals surface area contributed by atoms with Gasteiger partial charge in [-0.1, -0.05) is 36.4 Å². The van der Waals surface area contributed by atoms with Gasteiger partial charge in [0, 0.05) is 23.4 Å². The highest BCUT2D eigenvalue weighted by Gasteiger charge is 2.22. The normalized spacial score (nSPS) is 15.8. The molecular formula is C24H24N3O2+. The first-order chi connectivity index (χ1) is 14.2. The number of nitro groups is 1. The minimum Gasteiger partial charge on any atom is -0.360 e. The molecule has 2 aliphatic rings. The van der Waals surface area contributed by atoms with E-state index in [1.807, 2.05) is 12.1 Å². The van der Waals surface area contributed by atoms with Crippen LogP contribution in [0.15, 0.2) is 66.7 Å². The van der Waals surface area contributed by atoms with E-state index in [4.69, 9.17) is 0 Å². The molecule has 0 atom stereocenters. The number of fused-ring (bicyclic) bond motifs is 3. The second-order valence-electron chi connectivity index (χ2n) is 8.01. The van der Waals surface area contributed by atoms with Gasteiger partial charge in [-0.2, -0.15) is 0 Å². The molecule has 5 heteroatoms. The number of non-ortho nitro benzene ring substituents is 1. The molecule has 1 N–H and O–H groups in total. The summed E-state index contributed by atoms with van der Waals surface area (Å²) in [5.74, 6) is 0. The summed E-state index contributed by atoms with van der Waals surface area (Å²) in [7, 11) is 0. The highest BCUT2D eigenvalue weighted by molar-refractivity contribution is 5.76. The van der Waals surface area contributed by atoms with Crippen molar-refractivity contribution in [2.75, 3.05) is 31.1 Å². The van der Waals surface area contributed by atoms with Crippen LogP contribution in [0.2, 0.25) is 0 Å². The van der Waals surface area contributed by atoms with Crippen LogP contribution in [0.5, 0.6) is 0 Å². The van der Waals surface area contributed by atoms with Gasteiger partial charge in [0.2, 0.25) is 0 Å². The molecule has 0 bridgehead atoms. The first-order valence-electron chi connectivity index (χ1n) is 10.2. The monoisotopic (exact) mass is 386 g/mol. The predicted octanol–water partition coefficient (Wildman–Crippen LogP) is 3.07. The average Bonchev–Trinajstić information content (AvgIpc) is 3.12. The van der Waals surface area contributed by atoms with E-state index in [-0.39, 0.29) is 10.6 Å². The molecule has 3 aromatic carbocycles. The molecule has 0 amide bonds. The van der Waals surface area contributed by atoms with Crippen LogP contribution in [0.25, 0.3) is 11.1 Å². The molecule has 0 saturated carbocycles. The quantitative estimate of drug-likeness (QED) is 0.433. The van der Waals surface area contributed by atoms with E-state index in [0.29, 0.717) is 0 Å². The van der Waals surface area contributed by atoms with E-state index in [9.17, 15) is 10.1 Å². The Bertz CT molecular complexity index is 1050. The van der Waals surface area contributed by atoms with Crippen molar-refractivity contribution in [2.45, 2.75) is 13.0 Å². The van der Waals surface area contributed by atoms with Gasteiger partial charge < -0.3 is 9.80 Å². The van der Waals surface area contributed by atoms with Crippen LogP contribution < -0.4 is 9.80 Å². The van der Waals surface area contributed by atoms with E-state index in [1.165, 1.54) is 27.8 Å². The minimum atomic E-state index is -0.346. The zero-order valence-corrected chi connectivity index (χ0v) is 16.3. The van der Waals surface area contributed by atoms with Crippen LogP contribution in [0.3, 0.4) is 0 Å². The van der Waals surface area contributed by atoms with E-state index in [2.05, 4.69) is 47.4 Å². The van der Waals surface area contributed by atoms with Gasteiger partial charge in [0.1, 0.15) is 6.54 Å². The Balaban J connectivity index is 1.21. The molecule has 1 heterocycles. The summed E-state index contributed by atoms with van der Waals surface area (Å²) in [6.45, 7) is 5.16. The number of hydrogen-bond donors (Lipinski definition) is 1. The number of piperazine rings is 1. The van der Waals surface area contributed by atoms with Gasteiger partial charge in [0.15, 0.2) is 0 Å². The van der Waals surface area contributed by atoms with Crippen LogP contribution in [0, 0.1) is 10.1 Å². The number of rotatable bonds is 4. The maximum atomic E-state index is 10.8. The third-order valence-electron chi connectivity index (χ3n) is 6.21. The van der Waals surface area contributed by atoms with Crippen molar-refractivity contribution in [3.05, 3.63) is 93.5 Å². The molecule has 0 aromatic heterocycles. The van der Waals surface area contributed by atoms with Crippen molar-refractivity contribution in [2.24, 2.45) is 0 Å². The molecule has 0 radical (unpaired) electrons. The summed E-state index contributed by atoms with van der Waals surface area (Å²) in [4.78, 5) is 14.4. The molecule has 1 saturated heterocycles. The van der Waals surface area contributed by atoms with Crippen molar-refractivity contribution in [3.8, 4) is 11.1 Å². The molecule has 0 spiro atoms. The zero-order chi connectivity index (χ0) is 19.8. The number of benzene rings is 3. The lowest BCUT2D eigenvalue weighted by atomic mass is 10.0. The average molecular weight is 386 g/mol. The molecular weight excluding hydrogens is 362 g/mol. The van der Waals surface area contributed by atoms with Crippen molar-refractivity contribution in [1.29, 1.82) is 0 Å². The van der Waals surface area contributed by atoms with Crippen molar-refractivity contribution >= 4 is 11.4 Å². The van der Waals surface area contributed by atoms with Gasteiger partial charge in [0.05, 0.1) is 31.1 Å². The second-order valence-corrected chi connectivity index (χ2v) is 8.01. The molecule has 3 aromatic rings. The van der Waals surface area contributed by atoms with Gasteiger partial charge in [-0.15, -0.1) is 0 Å². The van der Waals surface area contributed by atoms with Crippen LogP contribution in [-0.2, 0) is 13.0 Å². The largest absolute Gasteiger partial charge is 0.360 e. The Kier molecular flexibility index (Phi) is 4.52. The standard InChI is InChI=1S/C24H23N3O2/c28-27(29)22-8-6-21(7-9-22)26-13-11-25(12-14-26)17-18-5-10-24-20(15-18)16-19-3-1-2-4-23(19)24/h1-10,15H,11-14,16-17H2/p+1. The maximum absolute atomic E-state index is 10.8. The van der Waals surface area contributed by atoms with Crippen LogP contribution in [-0.4, -0.2) is 31.1 Å². The fourth-order valence-electron chi connectivity index (χ4n) is 4.64. The van der Waals surface area contributed by atoms with Gasteiger partial charge >= 0.3 is 0 Å². The summed E-state index contributed by atoms with van der Waals surface area (Å²) in [6.07, 6.45) is 1.04. The molecule has 1 aliphatic heterocycles. The Morgan fingerprint density at radius 3 is 2.38 bits per heavy atom. The minimum absolute atomic E-state index is 0.150.